The van der Waals surface area contributed by atoms with Crippen molar-refractivity contribution in [3.8, 4) is 0 Å². The quantitative estimate of drug-likeness (QED) is 0.107. The third-order valence-corrected chi connectivity index (χ3v) is 9.55. The molecule has 0 aromatic carbocycles. The first-order chi connectivity index (χ1) is 18.6. The van der Waals surface area contributed by atoms with E-state index in [-0.39, 0.29) is 16.7 Å². The van der Waals surface area contributed by atoms with Gasteiger partial charge in [0, 0.05) is 12.1 Å². The van der Waals surface area contributed by atoms with Crippen LogP contribution in [0, 0.1) is 16.7 Å². The Hall–Kier alpha value is -1.94. The number of imidazole rings is 1. The number of halogens is 1. The number of nitrogens with zero attached hydrogens (tertiary/aromatic N) is 4. The Bertz CT molecular complexity index is 1300. The lowest BCUT2D eigenvalue weighted by atomic mass is 9.43. The highest BCUT2D eigenvalue weighted by atomic mass is 35.5. The van der Waals surface area contributed by atoms with Crippen LogP contribution < -0.4 is 5.32 Å². The number of carbonyl (C=O) groups is 1. The van der Waals surface area contributed by atoms with Gasteiger partial charge in [0.2, 0.25) is 5.29 Å². The zero-order valence-corrected chi connectivity index (χ0v) is 24.1. The van der Waals surface area contributed by atoms with Crippen molar-refractivity contribution in [1.29, 1.82) is 0 Å². The van der Waals surface area contributed by atoms with Crippen LogP contribution in [-0.2, 0) is 30.9 Å². The van der Waals surface area contributed by atoms with E-state index in [1.54, 1.807) is 0 Å². The molecule has 4 aliphatic carbocycles. The van der Waals surface area contributed by atoms with Crippen LogP contribution in [0.1, 0.15) is 64.3 Å². The van der Waals surface area contributed by atoms with Gasteiger partial charge in [-0.1, -0.05) is 13.8 Å². The predicted molar refractivity (Wildman–Crippen MR) is 145 cm³/mol. The Balaban J connectivity index is 1.34. The number of ether oxygens (including phenoxy) is 2. The van der Waals surface area contributed by atoms with Crippen molar-refractivity contribution >= 4 is 45.5 Å². The van der Waals surface area contributed by atoms with Crippen LogP contribution in [0.2, 0.25) is 0 Å². The normalized spacial score (nSPS) is 39.0. The fourth-order valence-electron chi connectivity index (χ4n) is 8.33. The van der Waals surface area contributed by atoms with E-state index in [4.69, 9.17) is 25.6 Å². The average Bonchev–Trinajstić information content (AvgIpc) is 3.33. The summed E-state index contributed by atoms with van der Waals surface area (Å²) in [5.74, 6) is -1.52. The molecule has 1 aliphatic heterocycles. The second-order valence-electron chi connectivity index (χ2n) is 12.7. The van der Waals surface area contributed by atoms with Gasteiger partial charge < -0.3 is 25.0 Å². The molecule has 5 aliphatic rings. The molecular formula is C25H36ClN5O8S. The summed E-state index contributed by atoms with van der Waals surface area (Å²) in [5, 5.41) is 24.9. The molecule has 4 saturated carbocycles. The molecule has 222 valence electrons. The van der Waals surface area contributed by atoms with E-state index < -0.39 is 53.0 Å². The highest BCUT2D eigenvalue weighted by Gasteiger charge is 2.60. The smallest absolute Gasteiger partial charge is 0.323 e. The Morgan fingerprint density at radius 1 is 1.25 bits per heavy atom. The van der Waals surface area contributed by atoms with Gasteiger partial charge in [-0.15, -0.1) is 0 Å². The standard InChI is InChI=1S/C25H36ClN5O8S/c1-23-4-14-5-24(2,10-23)12-25(6-14,11-23)29-7-15-20(30-22(26)27-3)31(13-28-15)21-19(34)18(33)16(39-21)8-38-17(32)9-40(35,36)37/h13-14,16,18-19,21,29,33-34H,3-12H2,1-2H3,(H,35,36,37)/t14?,16-,18?,19?,21-,23-,24+,25?/m1/s1. The molecule has 15 heteroatoms. The van der Waals surface area contributed by atoms with Gasteiger partial charge in [-0.3, -0.25) is 13.9 Å². The van der Waals surface area contributed by atoms with Gasteiger partial charge in [-0.2, -0.15) is 13.4 Å². The number of nitrogens with one attached hydrogen (secondary N) is 1. The van der Waals surface area contributed by atoms with Gasteiger partial charge in [0.25, 0.3) is 10.1 Å². The topological polar surface area (TPSA) is 185 Å². The first kappa shape index (κ1) is 29.5. The van der Waals surface area contributed by atoms with Crippen molar-refractivity contribution in [2.45, 2.75) is 89.0 Å². The highest BCUT2D eigenvalue weighted by Crippen LogP contribution is 2.66. The van der Waals surface area contributed by atoms with Crippen LogP contribution >= 0.6 is 11.6 Å². The zero-order valence-electron chi connectivity index (χ0n) is 22.5. The molecule has 8 atom stereocenters. The molecule has 13 nitrogen and oxygen atoms in total. The average molecular weight is 602 g/mol. The Kier molecular flexibility index (Phi) is 7.69. The van der Waals surface area contributed by atoms with Crippen molar-refractivity contribution in [1.82, 2.24) is 14.9 Å². The molecule has 40 heavy (non-hydrogen) atoms. The van der Waals surface area contributed by atoms with Crippen LogP contribution in [0.3, 0.4) is 0 Å². The molecule has 0 amide bonds. The van der Waals surface area contributed by atoms with Crippen molar-refractivity contribution < 1.29 is 37.5 Å². The Morgan fingerprint density at radius 2 is 1.93 bits per heavy atom. The number of aliphatic hydroxyl groups excluding tert-OH is 2. The Morgan fingerprint density at radius 3 is 2.52 bits per heavy atom. The maximum absolute atomic E-state index is 11.7. The summed E-state index contributed by atoms with van der Waals surface area (Å²) < 4.78 is 42.6. The maximum atomic E-state index is 11.7. The third kappa shape index (κ3) is 5.98. The monoisotopic (exact) mass is 601 g/mol. The minimum absolute atomic E-state index is 0.00918. The number of amidine groups is 1. The predicted octanol–water partition coefficient (Wildman–Crippen LogP) is 1.70. The van der Waals surface area contributed by atoms with Crippen molar-refractivity contribution in [3.63, 3.8) is 0 Å². The number of hydrogen-bond acceptors (Lipinski definition) is 10. The van der Waals surface area contributed by atoms with Crippen molar-refractivity contribution in [2.75, 3.05) is 12.4 Å². The van der Waals surface area contributed by atoms with Crippen LogP contribution in [-0.4, -0.2) is 86.9 Å². The van der Waals surface area contributed by atoms with E-state index in [1.807, 2.05) is 0 Å². The molecule has 1 aromatic rings. The van der Waals surface area contributed by atoms with Crippen LogP contribution in [0.15, 0.2) is 16.3 Å². The van der Waals surface area contributed by atoms with E-state index >= 15 is 0 Å². The summed E-state index contributed by atoms with van der Waals surface area (Å²) in [5.41, 5.74) is 1.16. The van der Waals surface area contributed by atoms with Gasteiger partial charge in [0.05, 0.1) is 12.0 Å². The molecule has 0 spiro atoms. The van der Waals surface area contributed by atoms with Gasteiger partial charge in [0.1, 0.15) is 24.9 Å². The summed E-state index contributed by atoms with van der Waals surface area (Å²) >= 11 is 6.11. The molecule has 0 radical (unpaired) electrons. The molecule has 4 bridgehead atoms. The molecule has 4 N–H and O–H groups in total. The lowest BCUT2D eigenvalue weighted by Crippen LogP contribution is -2.63. The summed E-state index contributed by atoms with van der Waals surface area (Å²) in [6.45, 7) is 8.02. The van der Waals surface area contributed by atoms with E-state index in [9.17, 15) is 23.4 Å². The third-order valence-electron chi connectivity index (χ3n) is 8.75. The number of carbonyl (C=O) groups excluding carboxylic acids is 1. The minimum atomic E-state index is -4.58. The van der Waals surface area contributed by atoms with Crippen LogP contribution in [0.25, 0.3) is 0 Å². The lowest BCUT2D eigenvalue weighted by molar-refractivity contribution is -0.147. The fourth-order valence-corrected chi connectivity index (χ4v) is 8.79. The van der Waals surface area contributed by atoms with Crippen LogP contribution in [0.4, 0.5) is 5.82 Å². The number of esters is 1. The van der Waals surface area contributed by atoms with Gasteiger partial charge in [-0.05, 0) is 73.6 Å². The second-order valence-corrected chi connectivity index (χ2v) is 14.5. The van der Waals surface area contributed by atoms with Gasteiger partial charge >= 0.3 is 5.97 Å². The largest absolute Gasteiger partial charge is 0.462 e. The number of aromatic nitrogens is 2. The summed E-state index contributed by atoms with van der Waals surface area (Å²) in [4.78, 5) is 24.2. The summed E-state index contributed by atoms with van der Waals surface area (Å²) in [7, 11) is -4.58. The number of hydrogen-bond donors (Lipinski definition) is 4. The minimum Gasteiger partial charge on any atom is -0.462 e. The summed E-state index contributed by atoms with van der Waals surface area (Å²) in [6.07, 6.45) is 3.18. The molecule has 4 unspecified atom stereocenters. The molecule has 1 saturated heterocycles. The molecule has 1 aromatic heterocycles. The first-order valence-corrected chi connectivity index (χ1v) is 15.2. The number of aliphatic hydroxyl groups is 2. The fraction of sp³-hybridized carbons (Fsp3) is 0.760. The van der Waals surface area contributed by atoms with E-state index in [2.05, 4.69) is 40.9 Å². The Labute approximate surface area is 237 Å². The van der Waals surface area contributed by atoms with Crippen molar-refractivity contribution in [2.24, 2.45) is 26.7 Å². The lowest BCUT2D eigenvalue weighted by Gasteiger charge is -2.65. The zero-order chi connectivity index (χ0) is 29.1. The highest BCUT2D eigenvalue weighted by molar-refractivity contribution is 7.86. The van der Waals surface area contributed by atoms with E-state index in [0.29, 0.717) is 29.0 Å². The number of aliphatic imine (C=N–C) groups is 2. The second kappa shape index (κ2) is 10.4. The van der Waals surface area contributed by atoms with Gasteiger partial charge in [-0.25, -0.2) is 9.98 Å². The first-order valence-electron chi connectivity index (χ1n) is 13.3. The van der Waals surface area contributed by atoms with E-state index in [1.165, 1.54) is 30.2 Å². The summed E-state index contributed by atoms with van der Waals surface area (Å²) in [6, 6.07) is 0. The van der Waals surface area contributed by atoms with Crippen LogP contribution in [0.5, 0.6) is 0 Å². The molecule has 6 rings (SSSR count). The number of rotatable bonds is 9. The van der Waals surface area contributed by atoms with Crippen molar-refractivity contribution in [3.05, 3.63) is 12.0 Å². The SMILES string of the molecule is C=NC(Cl)=Nc1c(CNC23CC4C[C@@](C)(C2)C[C@](C)(C4)C3)ncn1[C@@H]1O[C@H](COC(=O)CS(=O)(=O)O)C(O)C1O. The molecule has 2 heterocycles. The molecule has 5 fully saturated rings. The van der Waals surface area contributed by atoms with E-state index in [0.717, 1.165) is 19.3 Å². The molecular weight excluding hydrogens is 566 g/mol. The maximum Gasteiger partial charge on any atom is 0.323 e. The van der Waals surface area contributed by atoms with Gasteiger partial charge in [0.15, 0.2) is 17.8 Å².